The highest BCUT2D eigenvalue weighted by molar-refractivity contribution is 6.31. The predicted molar refractivity (Wildman–Crippen MR) is 104 cm³/mol. The topological polar surface area (TPSA) is 67.4 Å². The van der Waals surface area contributed by atoms with Crippen LogP contribution in [0.5, 0.6) is 5.75 Å². The lowest BCUT2D eigenvalue weighted by Gasteiger charge is -2.13. The van der Waals surface area contributed by atoms with Crippen molar-refractivity contribution in [3.05, 3.63) is 58.6 Å². The van der Waals surface area contributed by atoms with E-state index in [-0.39, 0.29) is 17.9 Å². The lowest BCUT2D eigenvalue weighted by atomic mass is 10.1. The third kappa shape index (κ3) is 5.77. The fourth-order valence-corrected chi connectivity index (χ4v) is 2.59. The van der Waals surface area contributed by atoms with Gasteiger partial charge in [-0.1, -0.05) is 23.7 Å². The zero-order chi connectivity index (χ0) is 19.1. The Kier molecular flexibility index (Phi) is 7.04. The summed E-state index contributed by atoms with van der Waals surface area (Å²) in [6, 6.07) is 12.4. The van der Waals surface area contributed by atoms with Crippen LogP contribution in [0.2, 0.25) is 5.02 Å². The van der Waals surface area contributed by atoms with Gasteiger partial charge in [0.05, 0.1) is 18.4 Å². The van der Waals surface area contributed by atoms with Crippen molar-refractivity contribution in [2.45, 2.75) is 32.7 Å². The average Bonchev–Trinajstić information content (AvgIpc) is 2.60. The van der Waals surface area contributed by atoms with Crippen molar-refractivity contribution in [1.82, 2.24) is 5.32 Å². The first kappa shape index (κ1) is 19.8. The Morgan fingerprint density at radius 3 is 2.42 bits per heavy atom. The largest absolute Gasteiger partial charge is 0.497 e. The normalized spacial score (nSPS) is 10.5. The Balaban J connectivity index is 2.03. The second-order valence-electron chi connectivity index (χ2n) is 6.21. The molecule has 5 nitrogen and oxygen atoms in total. The van der Waals surface area contributed by atoms with Gasteiger partial charge in [-0.25, -0.2) is 0 Å². The van der Waals surface area contributed by atoms with Crippen LogP contribution in [-0.2, 0) is 11.2 Å². The molecule has 2 amide bonds. The van der Waals surface area contributed by atoms with E-state index in [1.165, 1.54) is 0 Å². The number of methoxy groups -OCH3 is 1. The van der Waals surface area contributed by atoms with E-state index < -0.39 is 0 Å². The number of hydrogen-bond acceptors (Lipinski definition) is 3. The van der Waals surface area contributed by atoms with Gasteiger partial charge in [0.1, 0.15) is 5.75 Å². The third-order valence-corrected chi connectivity index (χ3v) is 3.95. The summed E-state index contributed by atoms with van der Waals surface area (Å²) in [6.45, 7) is 3.75. The molecule has 2 rings (SSSR count). The Morgan fingerprint density at radius 1 is 1.12 bits per heavy atom. The Hall–Kier alpha value is -2.53. The molecule has 0 heterocycles. The number of amides is 2. The molecule has 2 N–H and O–H groups in total. The van der Waals surface area contributed by atoms with E-state index in [9.17, 15) is 9.59 Å². The molecular weight excluding hydrogens is 352 g/mol. The zero-order valence-corrected chi connectivity index (χ0v) is 15.9. The van der Waals surface area contributed by atoms with Gasteiger partial charge in [-0.3, -0.25) is 9.59 Å². The van der Waals surface area contributed by atoms with Crippen molar-refractivity contribution in [3.63, 3.8) is 0 Å². The molecule has 26 heavy (non-hydrogen) atoms. The molecule has 0 aromatic heterocycles. The van der Waals surface area contributed by atoms with Gasteiger partial charge in [-0.15, -0.1) is 0 Å². The highest BCUT2D eigenvalue weighted by atomic mass is 35.5. The number of carbonyl (C=O) groups excluding carboxylic acids is 2. The second-order valence-corrected chi connectivity index (χ2v) is 6.65. The molecule has 0 unspecified atom stereocenters. The Bertz CT molecular complexity index is 773. The molecule has 0 fully saturated rings. The van der Waals surface area contributed by atoms with Gasteiger partial charge in [-0.05, 0) is 56.2 Å². The number of anilines is 1. The Morgan fingerprint density at radius 2 is 1.81 bits per heavy atom. The van der Waals surface area contributed by atoms with E-state index in [2.05, 4.69) is 10.6 Å². The van der Waals surface area contributed by atoms with Crippen LogP contribution >= 0.6 is 11.6 Å². The fourth-order valence-electron chi connectivity index (χ4n) is 2.42. The molecule has 0 aliphatic heterocycles. The molecule has 0 aliphatic carbocycles. The minimum Gasteiger partial charge on any atom is -0.497 e. The van der Waals surface area contributed by atoms with Gasteiger partial charge >= 0.3 is 0 Å². The molecule has 0 radical (unpaired) electrons. The molecule has 0 aliphatic rings. The maximum Gasteiger partial charge on any atom is 0.253 e. The average molecular weight is 375 g/mol. The highest BCUT2D eigenvalue weighted by Crippen LogP contribution is 2.22. The number of benzene rings is 2. The first-order chi connectivity index (χ1) is 12.4. The van der Waals surface area contributed by atoms with Crippen molar-refractivity contribution in [3.8, 4) is 5.75 Å². The first-order valence-corrected chi connectivity index (χ1v) is 8.80. The number of nitrogens with one attached hydrogen (secondary N) is 2. The van der Waals surface area contributed by atoms with Crippen molar-refractivity contribution >= 4 is 29.1 Å². The van der Waals surface area contributed by atoms with Crippen LogP contribution in [0.4, 0.5) is 5.69 Å². The number of rotatable bonds is 7. The van der Waals surface area contributed by atoms with Crippen LogP contribution < -0.4 is 15.4 Å². The molecule has 0 bridgehead atoms. The summed E-state index contributed by atoms with van der Waals surface area (Å²) >= 11 is 6.02. The second kappa shape index (κ2) is 9.25. The van der Waals surface area contributed by atoms with E-state index in [4.69, 9.17) is 16.3 Å². The number of halogens is 1. The fraction of sp³-hybridized carbons (Fsp3) is 0.300. The van der Waals surface area contributed by atoms with Gasteiger partial charge in [0.15, 0.2) is 0 Å². The van der Waals surface area contributed by atoms with Crippen molar-refractivity contribution in [2.75, 3.05) is 12.4 Å². The summed E-state index contributed by atoms with van der Waals surface area (Å²) in [5.74, 6) is 0.349. The minimum atomic E-state index is -0.248. The molecule has 138 valence electrons. The van der Waals surface area contributed by atoms with E-state index in [1.807, 2.05) is 38.1 Å². The third-order valence-electron chi connectivity index (χ3n) is 3.72. The van der Waals surface area contributed by atoms with Crippen LogP contribution in [0.15, 0.2) is 42.5 Å². The lowest BCUT2D eigenvalue weighted by Crippen LogP contribution is -2.31. The number of ether oxygens (including phenoxy) is 1. The summed E-state index contributed by atoms with van der Waals surface area (Å²) in [5.41, 5.74) is 1.83. The highest BCUT2D eigenvalue weighted by Gasteiger charge is 2.15. The van der Waals surface area contributed by atoms with E-state index in [1.54, 1.807) is 25.3 Å². The summed E-state index contributed by atoms with van der Waals surface area (Å²) in [7, 11) is 1.61. The van der Waals surface area contributed by atoms with E-state index in [0.717, 1.165) is 11.3 Å². The molecular formula is C20H23ClN2O3. The molecule has 2 aromatic rings. The summed E-state index contributed by atoms with van der Waals surface area (Å²) in [4.78, 5) is 24.6. The monoisotopic (exact) mass is 374 g/mol. The van der Waals surface area contributed by atoms with Crippen molar-refractivity contribution in [1.29, 1.82) is 0 Å². The number of carbonyl (C=O) groups is 2. The van der Waals surface area contributed by atoms with Gasteiger partial charge in [0.25, 0.3) is 5.91 Å². The molecule has 2 aromatic carbocycles. The molecule has 0 saturated heterocycles. The lowest BCUT2D eigenvalue weighted by molar-refractivity contribution is -0.116. The maximum atomic E-state index is 12.3. The van der Waals surface area contributed by atoms with E-state index >= 15 is 0 Å². The molecule has 0 atom stereocenters. The van der Waals surface area contributed by atoms with Crippen molar-refractivity contribution in [2.24, 2.45) is 0 Å². The minimum absolute atomic E-state index is 0.00296. The summed E-state index contributed by atoms with van der Waals surface area (Å²) < 4.78 is 5.12. The SMILES string of the molecule is COc1ccc(CCC(=O)Nc2cc(Cl)ccc2C(=O)NC(C)C)cc1. The van der Waals surface area contributed by atoms with Crippen LogP contribution in [-0.4, -0.2) is 25.0 Å². The van der Waals surface area contributed by atoms with Crippen LogP contribution in [0.1, 0.15) is 36.2 Å². The van der Waals surface area contributed by atoms with Crippen LogP contribution in [0.3, 0.4) is 0 Å². The van der Waals surface area contributed by atoms with Gasteiger partial charge in [0.2, 0.25) is 5.91 Å². The quantitative estimate of drug-likeness (QED) is 0.768. The van der Waals surface area contributed by atoms with E-state index in [0.29, 0.717) is 29.1 Å². The molecule has 0 saturated carbocycles. The zero-order valence-electron chi connectivity index (χ0n) is 15.1. The smallest absolute Gasteiger partial charge is 0.253 e. The van der Waals surface area contributed by atoms with Gasteiger partial charge in [0, 0.05) is 17.5 Å². The number of aryl methyl sites for hydroxylation is 1. The van der Waals surface area contributed by atoms with Crippen LogP contribution in [0.25, 0.3) is 0 Å². The van der Waals surface area contributed by atoms with Crippen LogP contribution in [0, 0.1) is 0 Å². The summed E-state index contributed by atoms with van der Waals surface area (Å²) in [5, 5.41) is 6.06. The maximum absolute atomic E-state index is 12.3. The predicted octanol–water partition coefficient (Wildman–Crippen LogP) is 4.06. The van der Waals surface area contributed by atoms with Crippen molar-refractivity contribution < 1.29 is 14.3 Å². The molecule has 0 spiro atoms. The Labute approximate surface area is 158 Å². The standard InChI is InChI=1S/C20H23ClN2O3/c1-13(2)22-20(25)17-10-7-15(21)12-18(17)23-19(24)11-6-14-4-8-16(26-3)9-5-14/h4-5,7-10,12-13H,6,11H2,1-3H3,(H,22,25)(H,23,24). The first-order valence-electron chi connectivity index (χ1n) is 8.42. The summed E-state index contributed by atoms with van der Waals surface area (Å²) in [6.07, 6.45) is 0.883. The number of hydrogen-bond donors (Lipinski definition) is 2. The molecule has 6 heteroatoms. The van der Waals surface area contributed by atoms with Gasteiger partial charge in [-0.2, -0.15) is 0 Å². The van der Waals surface area contributed by atoms with Gasteiger partial charge < -0.3 is 15.4 Å².